The lowest BCUT2D eigenvalue weighted by Gasteiger charge is -2.28. The van der Waals surface area contributed by atoms with Gasteiger partial charge < -0.3 is 38.1 Å². The second-order valence-corrected chi connectivity index (χ2v) is 14.5. The highest BCUT2D eigenvalue weighted by atomic mass is 28.4. The molecule has 13 heteroatoms. The van der Waals surface area contributed by atoms with E-state index < -0.39 is 8.80 Å². The Morgan fingerprint density at radius 2 is 1.37 bits per heavy atom. The molecule has 0 unspecified atom stereocenters. The van der Waals surface area contributed by atoms with Gasteiger partial charge in [0, 0.05) is 50.2 Å². The van der Waals surface area contributed by atoms with Gasteiger partial charge in [-0.25, -0.2) is 19.8 Å². The minimum absolute atomic E-state index is 0.0723. The van der Waals surface area contributed by atoms with Gasteiger partial charge in [-0.1, -0.05) is 27.7 Å². The van der Waals surface area contributed by atoms with E-state index in [4.69, 9.17) is 42.5 Å². The van der Waals surface area contributed by atoms with Gasteiger partial charge in [0.05, 0.1) is 12.1 Å². The Hall–Kier alpha value is -3.52. The first-order chi connectivity index (χ1) is 22.1. The highest BCUT2D eigenvalue weighted by molar-refractivity contribution is 6.60. The second kappa shape index (κ2) is 16.9. The summed E-state index contributed by atoms with van der Waals surface area (Å²) in [5.41, 5.74) is 1.76. The molecule has 3 heterocycles. The number of aliphatic imine (C=N–C) groups is 2. The fourth-order valence-electron chi connectivity index (χ4n) is 4.95. The fraction of sp³-hybridized carbons (Fsp3) is 0.576. The predicted molar refractivity (Wildman–Crippen MR) is 180 cm³/mol. The smallest absolute Gasteiger partial charge is 0.474 e. The Morgan fingerprint density at radius 3 is 1.83 bits per heavy atom. The highest BCUT2D eigenvalue weighted by Gasteiger charge is 2.39. The molecule has 0 bridgehead atoms. The molecule has 2 aromatic rings. The van der Waals surface area contributed by atoms with Crippen LogP contribution in [0.1, 0.15) is 66.3 Å². The Morgan fingerprint density at radius 1 is 0.848 bits per heavy atom. The Balaban J connectivity index is 1.39. The minimum Gasteiger partial charge on any atom is -0.474 e. The van der Waals surface area contributed by atoms with Crippen molar-refractivity contribution >= 4 is 32.3 Å². The molecular weight excluding hydrogens is 606 g/mol. The number of aromatic nitrogens is 1. The lowest BCUT2D eigenvalue weighted by Crippen LogP contribution is -2.46. The maximum Gasteiger partial charge on any atom is 0.500 e. The van der Waals surface area contributed by atoms with Crippen LogP contribution in [0.3, 0.4) is 0 Å². The number of hydrogen-bond donors (Lipinski definition) is 2. The Bertz CT molecular complexity index is 1280. The van der Waals surface area contributed by atoms with E-state index >= 15 is 0 Å². The van der Waals surface area contributed by atoms with Crippen molar-refractivity contribution in [2.75, 3.05) is 44.9 Å². The van der Waals surface area contributed by atoms with Crippen LogP contribution in [-0.2, 0) is 22.8 Å². The summed E-state index contributed by atoms with van der Waals surface area (Å²) < 4.78 is 35.7. The molecule has 0 spiro atoms. The molecule has 2 aliphatic rings. The number of carbonyl (C=O) groups is 1. The van der Waals surface area contributed by atoms with Gasteiger partial charge in [0.15, 0.2) is 0 Å². The van der Waals surface area contributed by atoms with Gasteiger partial charge in [0.25, 0.3) is 0 Å². The number of nitrogens with one attached hydrogen (secondary N) is 2. The molecule has 46 heavy (non-hydrogen) atoms. The topological polar surface area (TPSA) is 134 Å². The van der Waals surface area contributed by atoms with Crippen molar-refractivity contribution in [1.29, 1.82) is 0 Å². The van der Waals surface area contributed by atoms with E-state index in [-0.39, 0.29) is 18.1 Å². The summed E-state index contributed by atoms with van der Waals surface area (Å²) in [6, 6.07) is 11.2. The first-order valence-corrected chi connectivity index (χ1v) is 18.3. The lowest BCUT2D eigenvalue weighted by molar-refractivity contribution is 0.0708. The number of urea groups is 1. The summed E-state index contributed by atoms with van der Waals surface area (Å²) in [6.07, 6.45) is 0.674. The second-order valence-electron chi connectivity index (χ2n) is 11.8. The molecular formula is C33H49N5O7Si. The standard InChI is InChI=1S/C33H49N5O7Si/c1-8-42-46(43-9-2,44-10-3)17-11-16-34-33(39)35-24-12-14-25(15-13-24)45-26-18-27(31-37-29(20-40-31)22(4)5)36-28(19-26)32-38-30(21-41-32)23(6)7/h12-15,18-19,22-23,29-30H,8-11,16-17,20-21H2,1-7H3,(H2,34,35,39)/t29-,30-/m1/s1. The zero-order valence-electron chi connectivity index (χ0n) is 28.1. The van der Waals surface area contributed by atoms with Crippen molar-refractivity contribution in [2.45, 2.75) is 73.0 Å². The van der Waals surface area contributed by atoms with Crippen LogP contribution in [0.2, 0.25) is 6.04 Å². The SMILES string of the molecule is CCO[Si](CCCNC(=O)Nc1ccc(Oc2cc(C3=N[C@@H](C(C)C)CO3)nc(C3=N[C@@H](C(C)C)CO3)c2)cc1)(OCC)OCC. The van der Waals surface area contributed by atoms with Crippen molar-refractivity contribution in [1.82, 2.24) is 10.3 Å². The zero-order valence-corrected chi connectivity index (χ0v) is 29.1. The van der Waals surface area contributed by atoms with Crippen LogP contribution in [0.25, 0.3) is 0 Å². The van der Waals surface area contributed by atoms with Gasteiger partial charge in [-0.2, -0.15) is 0 Å². The van der Waals surface area contributed by atoms with Crippen LogP contribution in [-0.4, -0.2) is 83.3 Å². The van der Waals surface area contributed by atoms with Crippen LogP contribution in [0.5, 0.6) is 11.5 Å². The summed E-state index contributed by atoms with van der Waals surface area (Å²) in [4.78, 5) is 26.8. The molecule has 0 fully saturated rings. The minimum atomic E-state index is -2.74. The quantitative estimate of drug-likeness (QED) is 0.156. The van der Waals surface area contributed by atoms with Crippen LogP contribution in [0.15, 0.2) is 46.4 Å². The third-order valence-corrected chi connectivity index (χ3v) is 10.7. The number of rotatable bonds is 17. The molecule has 2 aliphatic heterocycles. The van der Waals surface area contributed by atoms with Crippen LogP contribution in [0, 0.1) is 11.8 Å². The number of benzene rings is 1. The van der Waals surface area contributed by atoms with E-state index in [0.29, 0.717) is 104 Å². The number of carbonyl (C=O) groups excluding carboxylic acids is 1. The van der Waals surface area contributed by atoms with Crippen molar-refractivity contribution in [2.24, 2.45) is 21.8 Å². The summed E-state index contributed by atoms with van der Waals surface area (Å²) in [6.45, 7) is 17.3. The van der Waals surface area contributed by atoms with E-state index in [2.05, 4.69) is 38.3 Å². The number of anilines is 1. The molecule has 4 rings (SSSR count). The van der Waals surface area contributed by atoms with E-state index in [0.717, 1.165) is 0 Å². The van der Waals surface area contributed by atoms with E-state index in [9.17, 15) is 4.79 Å². The number of nitrogens with zero attached hydrogens (tertiary/aromatic N) is 3. The molecule has 252 valence electrons. The fourth-order valence-corrected chi connectivity index (χ4v) is 7.56. The van der Waals surface area contributed by atoms with Gasteiger partial charge in [-0.15, -0.1) is 0 Å². The molecule has 0 saturated heterocycles. The number of hydrogen-bond acceptors (Lipinski definition) is 10. The molecule has 12 nitrogen and oxygen atoms in total. The van der Waals surface area contributed by atoms with Crippen molar-refractivity contribution in [3.63, 3.8) is 0 Å². The first kappa shape index (κ1) is 35.3. The maximum atomic E-state index is 12.6. The molecule has 0 radical (unpaired) electrons. The lowest BCUT2D eigenvalue weighted by atomic mass is 10.1. The zero-order chi connectivity index (χ0) is 33.1. The molecule has 1 aromatic heterocycles. The maximum absolute atomic E-state index is 12.6. The summed E-state index contributed by atoms with van der Waals surface area (Å²) in [5.74, 6) is 2.79. The monoisotopic (exact) mass is 655 g/mol. The van der Waals surface area contributed by atoms with Crippen LogP contribution in [0.4, 0.5) is 10.5 Å². The largest absolute Gasteiger partial charge is 0.500 e. The van der Waals surface area contributed by atoms with Gasteiger partial charge in [-0.3, -0.25) is 0 Å². The van der Waals surface area contributed by atoms with E-state index in [1.807, 2.05) is 20.8 Å². The number of ether oxygens (including phenoxy) is 3. The van der Waals surface area contributed by atoms with Gasteiger partial charge in [-0.05, 0) is 63.3 Å². The summed E-state index contributed by atoms with van der Waals surface area (Å²) in [7, 11) is -2.74. The average Bonchev–Trinajstić information content (AvgIpc) is 3.72. The molecule has 1 aromatic carbocycles. The molecule has 0 saturated carbocycles. The van der Waals surface area contributed by atoms with E-state index in [1.165, 1.54) is 0 Å². The molecule has 2 amide bonds. The highest BCUT2D eigenvalue weighted by Crippen LogP contribution is 2.28. The van der Waals surface area contributed by atoms with Crippen molar-refractivity contribution < 1.29 is 32.3 Å². The number of amides is 2. The molecule has 2 N–H and O–H groups in total. The Labute approximate surface area is 273 Å². The average molecular weight is 656 g/mol. The number of pyridine rings is 1. The molecule has 0 aliphatic carbocycles. The summed E-state index contributed by atoms with van der Waals surface area (Å²) >= 11 is 0. The first-order valence-electron chi connectivity index (χ1n) is 16.3. The van der Waals surface area contributed by atoms with Crippen LogP contribution < -0.4 is 15.4 Å². The third kappa shape index (κ3) is 9.74. The van der Waals surface area contributed by atoms with Crippen molar-refractivity contribution in [3.8, 4) is 11.5 Å². The predicted octanol–water partition coefficient (Wildman–Crippen LogP) is 6.04. The Kier molecular flexibility index (Phi) is 13.0. The van der Waals surface area contributed by atoms with Gasteiger partial charge in [0.1, 0.15) is 36.1 Å². The van der Waals surface area contributed by atoms with Crippen LogP contribution >= 0.6 is 0 Å². The van der Waals surface area contributed by atoms with Gasteiger partial charge >= 0.3 is 14.8 Å². The normalized spacial score (nSPS) is 17.8. The van der Waals surface area contributed by atoms with Gasteiger partial charge in [0.2, 0.25) is 11.8 Å². The molecule has 2 atom stereocenters. The third-order valence-electron chi connectivity index (χ3n) is 7.51. The van der Waals surface area contributed by atoms with E-state index in [1.54, 1.807) is 36.4 Å². The van der Waals surface area contributed by atoms with Crippen molar-refractivity contribution in [3.05, 3.63) is 47.8 Å². The summed E-state index contributed by atoms with van der Waals surface area (Å²) in [5, 5.41) is 5.75.